The molecule has 0 heteroatoms. The van der Waals surface area contributed by atoms with Crippen molar-refractivity contribution in [1.82, 2.24) is 0 Å². The molecule has 12 aromatic carbocycles. The van der Waals surface area contributed by atoms with E-state index in [1.165, 1.54) is 110 Å². The van der Waals surface area contributed by atoms with Crippen molar-refractivity contribution in [2.24, 2.45) is 0 Å². The monoisotopic (exact) mass is 836 g/mol. The van der Waals surface area contributed by atoms with E-state index in [1.54, 1.807) is 0 Å². The summed E-state index contributed by atoms with van der Waals surface area (Å²) in [5, 5.41) is 10.1. The van der Waals surface area contributed by atoms with Gasteiger partial charge < -0.3 is 0 Å². The third-order valence-electron chi connectivity index (χ3n) is 13.2. The molecule has 0 atom stereocenters. The molecule has 12 aromatic rings. The van der Waals surface area contributed by atoms with E-state index < -0.39 is 0 Å². The van der Waals surface area contributed by atoms with Crippen LogP contribution in [0.2, 0.25) is 0 Å². The Bertz CT molecular complexity index is 3730. The first-order valence-corrected chi connectivity index (χ1v) is 22.8. The first-order chi connectivity index (χ1) is 32.8. The zero-order valence-corrected chi connectivity index (χ0v) is 36.4. The third kappa shape index (κ3) is 6.88. The highest BCUT2D eigenvalue weighted by molar-refractivity contribution is 6.25. The first-order valence-electron chi connectivity index (χ1n) is 22.8. The zero-order chi connectivity index (χ0) is 43.8. The van der Waals surface area contributed by atoms with Gasteiger partial charge in [-0.1, -0.05) is 255 Å². The summed E-state index contributed by atoms with van der Waals surface area (Å²) in [5.74, 6) is 0. The summed E-state index contributed by atoms with van der Waals surface area (Å²) in [7, 11) is 0. The van der Waals surface area contributed by atoms with Gasteiger partial charge in [0.25, 0.3) is 0 Å². The number of fused-ring (bicyclic) bond motifs is 4. The van der Waals surface area contributed by atoms with Gasteiger partial charge in [-0.3, -0.25) is 0 Å². The average molecular weight is 837 g/mol. The van der Waals surface area contributed by atoms with Crippen molar-refractivity contribution in [1.29, 1.82) is 0 Å². The second kappa shape index (κ2) is 16.8. The molecule has 0 aromatic heterocycles. The van der Waals surface area contributed by atoms with Crippen molar-refractivity contribution in [2.75, 3.05) is 0 Å². The molecular formula is C66H44. The van der Waals surface area contributed by atoms with Crippen LogP contribution in [0, 0.1) is 0 Å². The molecule has 0 aliphatic carbocycles. The Hall–Kier alpha value is -8.58. The van der Waals surface area contributed by atoms with E-state index in [2.05, 4.69) is 267 Å². The van der Waals surface area contributed by atoms with E-state index in [0.717, 1.165) is 11.1 Å². The smallest absolute Gasteiger partial charge is 0.00141 e. The van der Waals surface area contributed by atoms with Gasteiger partial charge in [-0.05, 0) is 133 Å². The van der Waals surface area contributed by atoms with Crippen molar-refractivity contribution >= 4 is 55.2 Å². The second-order valence-electron chi connectivity index (χ2n) is 17.1. The lowest BCUT2D eigenvalue weighted by Crippen LogP contribution is -1.93. The minimum Gasteiger partial charge on any atom is -0.0622 e. The fraction of sp³-hybridized carbons (Fsp3) is 0. The predicted octanol–water partition coefficient (Wildman–Crippen LogP) is 18.5. The molecule has 0 bridgehead atoms. The maximum Gasteiger partial charge on any atom is -0.00141 e. The Morgan fingerprint density at radius 2 is 0.515 bits per heavy atom. The van der Waals surface area contributed by atoms with E-state index in [1.807, 2.05) is 0 Å². The van der Waals surface area contributed by atoms with Crippen LogP contribution in [0.5, 0.6) is 0 Å². The standard InChI is InChI=1S/C66H44/c1-4-23-47(24-5-1)62-56-34-13-16-37-59(56)65(60-38-17-14-35-57(60)62)54-32-11-10-31-52(54)50-29-18-21-45(43-50)41-42-46-22-19-30-51(44-46)53-39-20-40-61-63(48-25-6-2-7-26-48)55-33-12-15-36-58(55)64(66(53)61)49-27-8-3-9-28-49/h1-44H. The molecule has 0 aliphatic rings. The van der Waals surface area contributed by atoms with Gasteiger partial charge in [0.05, 0.1) is 0 Å². The molecule has 0 amide bonds. The van der Waals surface area contributed by atoms with E-state index in [0.29, 0.717) is 0 Å². The number of benzene rings is 12. The van der Waals surface area contributed by atoms with Gasteiger partial charge in [0.1, 0.15) is 0 Å². The molecule has 0 heterocycles. The largest absolute Gasteiger partial charge is 0.0622 e. The Kier molecular flexibility index (Phi) is 9.97. The van der Waals surface area contributed by atoms with Crippen LogP contribution in [-0.2, 0) is 0 Å². The third-order valence-corrected chi connectivity index (χ3v) is 13.2. The Morgan fingerprint density at radius 3 is 1.02 bits per heavy atom. The van der Waals surface area contributed by atoms with Crippen molar-refractivity contribution in [3.05, 3.63) is 266 Å². The van der Waals surface area contributed by atoms with E-state index in [-0.39, 0.29) is 0 Å². The molecule has 0 saturated heterocycles. The molecular weight excluding hydrogens is 793 g/mol. The zero-order valence-electron chi connectivity index (χ0n) is 36.4. The summed E-state index contributed by atoms with van der Waals surface area (Å²) in [6.07, 6.45) is 4.51. The summed E-state index contributed by atoms with van der Waals surface area (Å²) in [5.41, 5.74) is 17.1. The molecule has 0 N–H and O–H groups in total. The van der Waals surface area contributed by atoms with Gasteiger partial charge in [0.2, 0.25) is 0 Å². The molecule has 0 nitrogen and oxygen atoms in total. The summed E-state index contributed by atoms with van der Waals surface area (Å²) >= 11 is 0. The van der Waals surface area contributed by atoms with E-state index in [4.69, 9.17) is 0 Å². The molecule has 0 spiro atoms. The van der Waals surface area contributed by atoms with Crippen molar-refractivity contribution in [3.8, 4) is 66.8 Å². The molecule has 12 rings (SSSR count). The topological polar surface area (TPSA) is 0 Å². The van der Waals surface area contributed by atoms with Crippen LogP contribution in [0.15, 0.2) is 255 Å². The fourth-order valence-corrected chi connectivity index (χ4v) is 10.4. The number of hydrogen-bond acceptors (Lipinski definition) is 0. The quantitative estimate of drug-likeness (QED) is 0.106. The van der Waals surface area contributed by atoms with E-state index in [9.17, 15) is 0 Å². The van der Waals surface area contributed by atoms with Gasteiger partial charge >= 0.3 is 0 Å². The lowest BCUT2D eigenvalue weighted by molar-refractivity contribution is 1.59. The minimum absolute atomic E-state index is 1.15. The average Bonchev–Trinajstić information content (AvgIpc) is 3.39. The molecule has 0 aliphatic heterocycles. The van der Waals surface area contributed by atoms with E-state index >= 15 is 0 Å². The van der Waals surface area contributed by atoms with Crippen molar-refractivity contribution < 1.29 is 0 Å². The van der Waals surface area contributed by atoms with Gasteiger partial charge in [-0.2, -0.15) is 0 Å². The molecule has 66 heavy (non-hydrogen) atoms. The normalized spacial score (nSPS) is 11.6. The molecule has 0 radical (unpaired) electrons. The molecule has 0 fully saturated rings. The summed E-state index contributed by atoms with van der Waals surface area (Å²) in [4.78, 5) is 0. The molecule has 0 saturated carbocycles. The highest BCUT2D eigenvalue weighted by Crippen LogP contribution is 2.48. The lowest BCUT2D eigenvalue weighted by Gasteiger charge is -2.20. The summed E-state index contributed by atoms with van der Waals surface area (Å²) < 4.78 is 0. The fourth-order valence-electron chi connectivity index (χ4n) is 10.4. The minimum atomic E-state index is 1.15. The van der Waals surface area contributed by atoms with Gasteiger partial charge in [-0.25, -0.2) is 0 Å². The lowest BCUT2D eigenvalue weighted by atomic mass is 9.83. The van der Waals surface area contributed by atoms with Crippen LogP contribution in [0.4, 0.5) is 0 Å². The predicted molar refractivity (Wildman–Crippen MR) is 284 cm³/mol. The Balaban J connectivity index is 0.962. The van der Waals surface area contributed by atoms with Crippen LogP contribution < -0.4 is 0 Å². The first kappa shape index (κ1) is 39.0. The number of hydrogen-bond donors (Lipinski definition) is 0. The van der Waals surface area contributed by atoms with Gasteiger partial charge in [0, 0.05) is 0 Å². The van der Waals surface area contributed by atoms with Gasteiger partial charge in [0.15, 0.2) is 0 Å². The van der Waals surface area contributed by atoms with Crippen LogP contribution in [0.25, 0.3) is 122 Å². The maximum atomic E-state index is 2.34. The summed E-state index contributed by atoms with van der Waals surface area (Å²) in [6, 6.07) is 93.0. The van der Waals surface area contributed by atoms with Crippen LogP contribution in [-0.4, -0.2) is 0 Å². The maximum absolute atomic E-state index is 2.34. The highest BCUT2D eigenvalue weighted by Gasteiger charge is 2.21. The van der Waals surface area contributed by atoms with Gasteiger partial charge in [-0.15, -0.1) is 0 Å². The van der Waals surface area contributed by atoms with Crippen LogP contribution in [0.3, 0.4) is 0 Å². The van der Waals surface area contributed by atoms with Crippen LogP contribution >= 0.6 is 0 Å². The molecule has 308 valence electrons. The number of rotatable bonds is 8. The van der Waals surface area contributed by atoms with Crippen molar-refractivity contribution in [2.45, 2.75) is 0 Å². The SMILES string of the molecule is C(=Cc1cccc(-c2cccc3c(-c4ccccc4)c4ccccc4c(-c4ccccc4)c23)c1)c1cccc(-c2ccccc2-c2c3ccccc3c(-c3ccccc3)c3ccccc23)c1. The van der Waals surface area contributed by atoms with Crippen LogP contribution in [0.1, 0.15) is 11.1 Å². The Labute approximate surface area is 386 Å². The Morgan fingerprint density at radius 1 is 0.197 bits per heavy atom. The molecule has 0 unspecified atom stereocenters. The summed E-state index contributed by atoms with van der Waals surface area (Å²) in [6.45, 7) is 0. The van der Waals surface area contributed by atoms with Crippen molar-refractivity contribution in [3.63, 3.8) is 0 Å². The second-order valence-corrected chi connectivity index (χ2v) is 17.1. The highest BCUT2D eigenvalue weighted by atomic mass is 14.2.